The average Bonchev–Trinajstić information content (AvgIpc) is 3.30. The molecule has 5 aromatic rings. The Kier molecular flexibility index (Phi) is 16.7. The van der Waals surface area contributed by atoms with Gasteiger partial charge in [-0.25, -0.2) is 4.79 Å². The van der Waals surface area contributed by atoms with Gasteiger partial charge in [-0.15, -0.1) is 0 Å². The lowest BCUT2D eigenvalue weighted by atomic mass is 10.1. The number of amides is 5. The summed E-state index contributed by atoms with van der Waals surface area (Å²) in [6.45, 7) is 8.51. The second kappa shape index (κ2) is 22.5. The fourth-order valence-corrected chi connectivity index (χ4v) is 6.28. The lowest BCUT2D eigenvalue weighted by molar-refractivity contribution is -0.384. The number of rotatable bonds is 20. The molecule has 5 aromatic carbocycles. The third-order valence-electron chi connectivity index (χ3n) is 10.0. The number of phenols is 1. The first-order valence-corrected chi connectivity index (χ1v) is 20.9. The van der Waals surface area contributed by atoms with Crippen LogP contribution in [0.25, 0.3) is 0 Å². The highest BCUT2D eigenvalue weighted by Crippen LogP contribution is 2.40. The number of aliphatic carboxylic acids is 1. The van der Waals surface area contributed by atoms with Gasteiger partial charge in [0.15, 0.2) is 23.4 Å². The molecule has 5 rings (SSSR count). The number of non-ortho nitro benzene ring substituents is 1. The lowest BCUT2D eigenvalue weighted by Gasteiger charge is -2.23. The normalized spacial score (nSPS) is 12.1. The summed E-state index contributed by atoms with van der Waals surface area (Å²) in [5.41, 5.74) is 0.805. The van der Waals surface area contributed by atoms with Crippen molar-refractivity contribution in [3.05, 3.63) is 141 Å². The van der Waals surface area contributed by atoms with Gasteiger partial charge in [0, 0.05) is 52.9 Å². The molecule has 0 heterocycles. The molecule has 0 saturated heterocycles. The molecule has 20 nitrogen and oxygen atoms in total. The number of benzene rings is 5. The molecule has 0 fully saturated rings. The molecular weight excluding hydrogens is 885 g/mol. The number of nitrogens with one attached hydrogen (secondary N) is 5. The van der Waals surface area contributed by atoms with Crippen molar-refractivity contribution in [2.24, 2.45) is 0 Å². The molecule has 20 heteroatoms. The first-order valence-electron chi connectivity index (χ1n) is 20.9. The molecule has 68 heavy (non-hydrogen) atoms. The summed E-state index contributed by atoms with van der Waals surface area (Å²) in [6, 6.07) is 21.1. The number of hydrogen-bond donors (Lipinski definition) is 7. The zero-order valence-corrected chi connectivity index (χ0v) is 37.6. The predicted octanol–water partition coefficient (Wildman–Crippen LogP) is 7.06. The molecule has 3 atom stereocenters. The van der Waals surface area contributed by atoms with Gasteiger partial charge < -0.3 is 51.0 Å². The van der Waals surface area contributed by atoms with E-state index in [2.05, 4.69) is 26.6 Å². The van der Waals surface area contributed by atoms with Crippen molar-refractivity contribution in [1.82, 2.24) is 5.32 Å². The van der Waals surface area contributed by atoms with Crippen LogP contribution in [0, 0.1) is 10.1 Å². The predicted molar refractivity (Wildman–Crippen MR) is 249 cm³/mol. The summed E-state index contributed by atoms with van der Waals surface area (Å²) in [6.07, 6.45) is -1.96. The molecule has 0 spiro atoms. The van der Waals surface area contributed by atoms with Gasteiger partial charge >= 0.3 is 5.97 Å². The van der Waals surface area contributed by atoms with Crippen LogP contribution in [0.2, 0.25) is 0 Å². The smallest absolute Gasteiger partial charge is 0.335 e. The van der Waals surface area contributed by atoms with E-state index in [0.29, 0.717) is 12.0 Å². The number of carboxylic acids is 1. The van der Waals surface area contributed by atoms with Gasteiger partial charge in [0.05, 0.1) is 34.1 Å². The summed E-state index contributed by atoms with van der Waals surface area (Å²) in [5.74, 6) is -6.13. The van der Waals surface area contributed by atoms with Gasteiger partial charge in [0.25, 0.3) is 29.3 Å². The van der Waals surface area contributed by atoms with Crippen molar-refractivity contribution in [2.75, 3.05) is 28.4 Å². The number of aromatic hydroxyl groups is 1. The number of carbonyl (C=O) groups excluding carboxylic acids is 6. The van der Waals surface area contributed by atoms with Crippen LogP contribution in [0.5, 0.6) is 17.2 Å². The van der Waals surface area contributed by atoms with Crippen molar-refractivity contribution >= 4 is 69.7 Å². The van der Waals surface area contributed by atoms with E-state index in [4.69, 9.17) is 14.2 Å². The van der Waals surface area contributed by atoms with Gasteiger partial charge in [-0.3, -0.25) is 38.9 Å². The van der Waals surface area contributed by atoms with E-state index in [1.54, 1.807) is 13.8 Å². The molecule has 0 radical (unpaired) electrons. The van der Waals surface area contributed by atoms with Crippen LogP contribution >= 0.6 is 0 Å². The van der Waals surface area contributed by atoms with E-state index < -0.39 is 64.4 Å². The van der Waals surface area contributed by atoms with Crippen LogP contribution in [0.1, 0.15) is 92.8 Å². The molecule has 0 bridgehead atoms. The van der Waals surface area contributed by atoms with Gasteiger partial charge in [-0.2, -0.15) is 0 Å². The number of carbonyl (C=O) groups is 7. The number of Topliss-reactive ketones (excluding diaryl/α,β-unsaturated/α-hetero) is 1. The van der Waals surface area contributed by atoms with Gasteiger partial charge in [-0.1, -0.05) is 6.92 Å². The van der Waals surface area contributed by atoms with Gasteiger partial charge in [-0.05, 0) is 125 Å². The highest BCUT2D eigenvalue weighted by atomic mass is 16.6. The van der Waals surface area contributed by atoms with E-state index in [-0.39, 0.29) is 74.1 Å². The Balaban J connectivity index is 1.27. The number of nitrogens with zero attached hydrogens (tertiary/aromatic N) is 1. The molecule has 5 amide bonds. The maximum atomic E-state index is 13.6. The zero-order chi connectivity index (χ0) is 49.8. The summed E-state index contributed by atoms with van der Waals surface area (Å²) in [7, 11) is 1.04. The molecule has 0 aliphatic carbocycles. The first kappa shape index (κ1) is 50.4. The number of hydrogen-bond acceptors (Lipinski definition) is 13. The van der Waals surface area contributed by atoms with Crippen molar-refractivity contribution in [1.29, 1.82) is 0 Å². The summed E-state index contributed by atoms with van der Waals surface area (Å²) in [5, 5.41) is 44.9. The van der Waals surface area contributed by atoms with Crippen molar-refractivity contribution in [3.8, 4) is 17.2 Å². The van der Waals surface area contributed by atoms with Gasteiger partial charge in [0.2, 0.25) is 5.91 Å². The molecule has 7 N–H and O–H groups in total. The molecule has 354 valence electrons. The monoisotopic (exact) mass is 932 g/mol. The largest absolute Gasteiger partial charge is 0.504 e. The van der Waals surface area contributed by atoms with Crippen LogP contribution in [-0.4, -0.2) is 87.9 Å². The maximum absolute atomic E-state index is 13.6. The highest BCUT2D eigenvalue weighted by Gasteiger charge is 2.36. The molecule has 0 aliphatic rings. The number of carboxylic acid groups (broad SMARTS) is 1. The minimum absolute atomic E-state index is 0.0150. The second-order valence-electron chi connectivity index (χ2n) is 15.4. The third-order valence-corrected chi connectivity index (χ3v) is 10.0. The SMILES string of the molecule is CCC(C)Oc1cc(C(C)=O)ccc1NC(=O)c1ccc(NC(=O)c2ccc(NC(=O)C(NC(=O)c3ccc(NC(=O)c4ccc([N+](=O)[O-])cc4)cc3)C(OC)C(=O)O)cc2)c(OC(C)C)c1O. The maximum Gasteiger partial charge on any atom is 0.335 e. The van der Waals surface area contributed by atoms with Crippen LogP contribution in [0.4, 0.5) is 28.4 Å². The quantitative estimate of drug-likeness (QED) is 0.0234. The van der Waals surface area contributed by atoms with Crippen LogP contribution < -0.4 is 36.1 Å². The van der Waals surface area contributed by atoms with Crippen molar-refractivity contribution in [3.63, 3.8) is 0 Å². The Bertz CT molecular complexity index is 2720. The number of methoxy groups -OCH3 is 1. The minimum Gasteiger partial charge on any atom is -0.504 e. The fraction of sp³-hybridized carbons (Fsp3) is 0.229. The topological polar surface area (TPSA) is 291 Å². The van der Waals surface area contributed by atoms with Crippen molar-refractivity contribution in [2.45, 2.75) is 65.4 Å². The number of nitro groups is 1. The Morgan fingerprint density at radius 1 is 0.662 bits per heavy atom. The summed E-state index contributed by atoms with van der Waals surface area (Å²) in [4.78, 5) is 101. The Labute approximate surface area is 389 Å². The lowest BCUT2D eigenvalue weighted by Crippen LogP contribution is -2.54. The number of ketones is 1. The summed E-state index contributed by atoms with van der Waals surface area (Å²) >= 11 is 0. The molecule has 3 unspecified atom stereocenters. The number of ether oxygens (including phenoxy) is 3. The average molecular weight is 933 g/mol. The Hall–Kier alpha value is -8.65. The summed E-state index contributed by atoms with van der Waals surface area (Å²) < 4.78 is 16.9. The molecule has 0 aliphatic heterocycles. The Morgan fingerprint density at radius 2 is 1.18 bits per heavy atom. The van der Waals surface area contributed by atoms with Crippen LogP contribution in [0.15, 0.2) is 103 Å². The molecular formula is C48H48N6O14. The first-order chi connectivity index (χ1) is 32.3. The van der Waals surface area contributed by atoms with E-state index in [9.17, 15) is 53.9 Å². The van der Waals surface area contributed by atoms with Crippen LogP contribution in [-0.2, 0) is 14.3 Å². The standard InChI is InChI=1S/C48H48N6O14/c1-7-26(4)68-38-24-31(27(5)55)14-22-36(38)51-46(60)35-21-23-37(41(40(35)56)67-25(2)3)52-44(58)28-8-17-33(18-9-28)50-47(61)39(42(66-6)48(62)63)53-45(59)29-10-15-32(16-11-29)49-43(57)30-12-19-34(20-13-30)54(64)65/h8-26,39,42,56H,7H2,1-6H3,(H,49,57)(H,50,61)(H,51,60)(H,52,58)(H,53,59)(H,62,63). The van der Waals surface area contributed by atoms with E-state index in [1.807, 2.05) is 13.8 Å². The van der Waals surface area contributed by atoms with E-state index >= 15 is 0 Å². The van der Waals surface area contributed by atoms with Crippen LogP contribution in [0.3, 0.4) is 0 Å². The van der Waals surface area contributed by atoms with Gasteiger partial charge in [0.1, 0.15) is 11.8 Å². The van der Waals surface area contributed by atoms with E-state index in [0.717, 1.165) is 7.11 Å². The van der Waals surface area contributed by atoms with Crippen molar-refractivity contribution < 1.29 is 62.9 Å². The zero-order valence-electron chi connectivity index (χ0n) is 37.6. The number of nitro benzene ring substituents is 1. The fourth-order valence-electron chi connectivity index (χ4n) is 6.28. The highest BCUT2D eigenvalue weighted by molar-refractivity contribution is 6.10. The number of phenolic OH excluding ortho intramolecular Hbond substituents is 1. The minimum atomic E-state index is -1.85. The third kappa shape index (κ3) is 12.8. The number of anilines is 4. The molecule has 0 aromatic heterocycles. The molecule has 0 saturated carbocycles. The van der Waals surface area contributed by atoms with E-state index in [1.165, 1.54) is 110 Å². The Morgan fingerprint density at radius 3 is 1.71 bits per heavy atom. The second-order valence-corrected chi connectivity index (χ2v) is 15.4.